The van der Waals surface area contributed by atoms with Crippen molar-refractivity contribution in [1.29, 1.82) is 0 Å². The van der Waals surface area contributed by atoms with Crippen molar-refractivity contribution in [1.82, 2.24) is 4.98 Å². The smallest absolute Gasteiger partial charge is 0.183 e. The molecule has 0 radical (unpaired) electrons. The first kappa shape index (κ1) is 13.9. The Kier molecular flexibility index (Phi) is 4.06. The molecule has 21 heavy (non-hydrogen) atoms. The van der Waals surface area contributed by atoms with Gasteiger partial charge in [-0.15, -0.1) is 0 Å². The number of fused-ring (bicyclic) bond motifs is 1. The molecule has 0 amide bonds. The highest BCUT2D eigenvalue weighted by Crippen LogP contribution is 2.26. The summed E-state index contributed by atoms with van der Waals surface area (Å²) < 4.78 is 6.39. The lowest BCUT2D eigenvalue weighted by atomic mass is 10.1. The second-order valence-corrected chi connectivity index (χ2v) is 6.05. The molecule has 1 N–H and O–H groups in total. The van der Waals surface area contributed by atoms with E-state index < -0.39 is 0 Å². The van der Waals surface area contributed by atoms with E-state index in [1.54, 1.807) is 18.4 Å². The maximum atomic E-state index is 5.16. The molecule has 0 saturated heterocycles. The second-order valence-electron chi connectivity index (χ2n) is 5.02. The van der Waals surface area contributed by atoms with Crippen molar-refractivity contribution >= 4 is 26.7 Å². The van der Waals surface area contributed by atoms with Gasteiger partial charge in [0.15, 0.2) is 5.13 Å². The standard InChI is InChI=1S/C17H18N2OS/c1-12-3-8-16-15(11-12)19-17(21-16)18-10-9-13-4-6-14(20-2)7-5-13/h3-8,11H,9-10H2,1-2H3,(H,18,19). The van der Waals surface area contributed by atoms with Gasteiger partial charge in [0.1, 0.15) is 5.75 Å². The van der Waals surface area contributed by atoms with Crippen molar-refractivity contribution in [3.63, 3.8) is 0 Å². The number of aromatic nitrogens is 1. The third kappa shape index (κ3) is 3.34. The number of nitrogens with zero attached hydrogens (tertiary/aromatic N) is 1. The van der Waals surface area contributed by atoms with Gasteiger partial charge in [0.05, 0.1) is 17.3 Å². The third-order valence-corrected chi connectivity index (χ3v) is 4.39. The molecule has 0 aliphatic rings. The highest BCUT2D eigenvalue weighted by Gasteiger charge is 2.03. The molecule has 0 saturated carbocycles. The summed E-state index contributed by atoms with van der Waals surface area (Å²) in [6.45, 7) is 2.97. The number of methoxy groups -OCH3 is 1. The van der Waals surface area contributed by atoms with Crippen molar-refractivity contribution in [2.45, 2.75) is 13.3 Å². The number of ether oxygens (including phenoxy) is 1. The molecule has 3 rings (SSSR count). The predicted molar refractivity (Wildman–Crippen MR) is 89.5 cm³/mol. The van der Waals surface area contributed by atoms with E-state index >= 15 is 0 Å². The van der Waals surface area contributed by atoms with Crippen LogP contribution in [0.4, 0.5) is 5.13 Å². The van der Waals surface area contributed by atoms with Crippen LogP contribution in [0.15, 0.2) is 42.5 Å². The van der Waals surface area contributed by atoms with Gasteiger partial charge < -0.3 is 10.1 Å². The van der Waals surface area contributed by atoms with Crippen LogP contribution in [0.1, 0.15) is 11.1 Å². The number of rotatable bonds is 5. The Hall–Kier alpha value is -2.07. The van der Waals surface area contributed by atoms with E-state index in [1.165, 1.54) is 15.8 Å². The van der Waals surface area contributed by atoms with E-state index in [2.05, 4.69) is 47.6 Å². The van der Waals surface area contributed by atoms with Crippen LogP contribution in [0.25, 0.3) is 10.2 Å². The van der Waals surface area contributed by atoms with Crippen molar-refractivity contribution in [2.24, 2.45) is 0 Å². The molecule has 108 valence electrons. The Morgan fingerprint density at radius 1 is 1.14 bits per heavy atom. The summed E-state index contributed by atoms with van der Waals surface area (Å²) in [5.74, 6) is 0.897. The summed E-state index contributed by atoms with van der Waals surface area (Å²) in [6.07, 6.45) is 0.971. The fourth-order valence-corrected chi connectivity index (χ4v) is 3.09. The van der Waals surface area contributed by atoms with Gasteiger partial charge in [-0.05, 0) is 48.7 Å². The Morgan fingerprint density at radius 2 is 1.95 bits per heavy atom. The van der Waals surface area contributed by atoms with Crippen LogP contribution >= 0.6 is 11.3 Å². The molecule has 3 nitrogen and oxygen atoms in total. The van der Waals surface area contributed by atoms with Crippen LogP contribution in [0.2, 0.25) is 0 Å². The number of hydrogen-bond donors (Lipinski definition) is 1. The zero-order valence-corrected chi connectivity index (χ0v) is 13.0. The normalized spacial score (nSPS) is 10.8. The van der Waals surface area contributed by atoms with E-state index in [-0.39, 0.29) is 0 Å². The minimum Gasteiger partial charge on any atom is -0.497 e. The van der Waals surface area contributed by atoms with Crippen molar-refractivity contribution in [3.8, 4) is 5.75 Å². The number of hydrogen-bond acceptors (Lipinski definition) is 4. The van der Waals surface area contributed by atoms with Gasteiger partial charge in [-0.25, -0.2) is 4.98 Å². The molecule has 0 bridgehead atoms. The summed E-state index contributed by atoms with van der Waals surface area (Å²) in [5.41, 5.74) is 3.62. The second kappa shape index (κ2) is 6.14. The van der Waals surface area contributed by atoms with Crippen LogP contribution in [-0.2, 0) is 6.42 Å². The van der Waals surface area contributed by atoms with Gasteiger partial charge in [0, 0.05) is 6.54 Å². The summed E-state index contributed by atoms with van der Waals surface area (Å²) in [6, 6.07) is 14.6. The van der Waals surface area contributed by atoms with Gasteiger partial charge >= 0.3 is 0 Å². The number of aryl methyl sites for hydroxylation is 1. The lowest BCUT2D eigenvalue weighted by molar-refractivity contribution is 0.414. The van der Waals surface area contributed by atoms with Gasteiger partial charge in [0.2, 0.25) is 0 Å². The minimum atomic E-state index is 0.880. The molecule has 1 aromatic heterocycles. The van der Waals surface area contributed by atoms with E-state index in [9.17, 15) is 0 Å². The minimum absolute atomic E-state index is 0.880. The van der Waals surface area contributed by atoms with Crippen molar-refractivity contribution < 1.29 is 4.74 Å². The van der Waals surface area contributed by atoms with Crippen LogP contribution in [-0.4, -0.2) is 18.6 Å². The molecule has 0 aliphatic carbocycles. The zero-order valence-electron chi connectivity index (χ0n) is 12.2. The van der Waals surface area contributed by atoms with Crippen LogP contribution in [0.3, 0.4) is 0 Å². The summed E-state index contributed by atoms with van der Waals surface area (Å²) in [5, 5.41) is 4.40. The van der Waals surface area contributed by atoms with E-state index in [0.29, 0.717) is 0 Å². The first-order valence-corrected chi connectivity index (χ1v) is 7.80. The summed E-state index contributed by atoms with van der Waals surface area (Å²) in [7, 11) is 1.69. The molecule has 0 unspecified atom stereocenters. The first-order chi connectivity index (χ1) is 10.2. The largest absolute Gasteiger partial charge is 0.497 e. The van der Waals surface area contributed by atoms with Crippen molar-refractivity contribution in [3.05, 3.63) is 53.6 Å². The number of benzene rings is 2. The fourth-order valence-electron chi connectivity index (χ4n) is 2.22. The molecule has 0 spiro atoms. The Labute approximate surface area is 128 Å². The van der Waals surface area contributed by atoms with E-state index in [4.69, 9.17) is 4.74 Å². The van der Waals surface area contributed by atoms with Crippen LogP contribution in [0, 0.1) is 6.92 Å². The lowest BCUT2D eigenvalue weighted by Gasteiger charge is -2.04. The number of anilines is 1. The first-order valence-electron chi connectivity index (χ1n) is 6.98. The highest BCUT2D eigenvalue weighted by atomic mass is 32.1. The Balaban J connectivity index is 1.60. The van der Waals surface area contributed by atoms with E-state index in [1.807, 2.05) is 12.1 Å². The maximum absolute atomic E-state index is 5.16. The zero-order chi connectivity index (χ0) is 14.7. The topological polar surface area (TPSA) is 34.1 Å². The predicted octanol–water partition coefficient (Wildman–Crippen LogP) is 4.27. The highest BCUT2D eigenvalue weighted by molar-refractivity contribution is 7.22. The van der Waals surface area contributed by atoms with Crippen LogP contribution in [0.5, 0.6) is 5.75 Å². The number of nitrogens with one attached hydrogen (secondary N) is 1. The number of thiazole rings is 1. The Morgan fingerprint density at radius 3 is 2.71 bits per heavy atom. The van der Waals surface area contributed by atoms with Gasteiger partial charge in [0.25, 0.3) is 0 Å². The average Bonchev–Trinajstić information content (AvgIpc) is 2.89. The maximum Gasteiger partial charge on any atom is 0.183 e. The lowest BCUT2D eigenvalue weighted by Crippen LogP contribution is -2.04. The van der Waals surface area contributed by atoms with Gasteiger partial charge in [-0.3, -0.25) is 0 Å². The third-order valence-electron chi connectivity index (χ3n) is 3.39. The quantitative estimate of drug-likeness (QED) is 0.764. The monoisotopic (exact) mass is 298 g/mol. The van der Waals surface area contributed by atoms with Crippen LogP contribution < -0.4 is 10.1 Å². The molecule has 0 aliphatic heterocycles. The average molecular weight is 298 g/mol. The summed E-state index contributed by atoms with van der Waals surface area (Å²) >= 11 is 1.70. The SMILES string of the molecule is COc1ccc(CCNc2nc3cc(C)ccc3s2)cc1. The molecule has 4 heteroatoms. The van der Waals surface area contributed by atoms with E-state index in [0.717, 1.165) is 29.4 Å². The molecular weight excluding hydrogens is 280 g/mol. The van der Waals surface area contributed by atoms with Crippen molar-refractivity contribution in [2.75, 3.05) is 19.0 Å². The summed E-state index contributed by atoms with van der Waals surface area (Å²) in [4.78, 5) is 4.62. The molecule has 1 heterocycles. The molecule has 3 aromatic rings. The molecule has 0 atom stereocenters. The van der Waals surface area contributed by atoms with Gasteiger partial charge in [-0.1, -0.05) is 29.5 Å². The Bertz CT molecular complexity index is 734. The molecule has 0 fully saturated rings. The molecular formula is C17H18N2OS. The van der Waals surface area contributed by atoms with Gasteiger partial charge in [-0.2, -0.15) is 0 Å². The fraction of sp³-hybridized carbons (Fsp3) is 0.235. The molecule has 2 aromatic carbocycles.